The summed E-state index contributed by atoms with van der Waals surface area (Å²) in [4.78, 5) is 4.30. The van der Waals surface area contributed by atoms with Crippen molar-refractivity contribution in [2.45, 2.75) is 6.92 Å². The molecule has 24 heavy (non-hydrogen) atoms. The molecule has 1 heterocycles. The standard InChI is InChI=1S/C19H13BrFN3/c1-11-2-4-12(5-3-11)18-9-14(16(10-22)19(23)24-18)15-8-13(20)6-7-17(15)21/h2-9H,1H3,(H2,23,24). The molecule has 0 amide bonds. The highest BCUT2D eigenvalue weighted by molar-refractivity contribution is 9.10. The minimum atomic E-state index is -0.421. The van der Waals surface area contributed by atoms with Crippen molar-refractivity contribution in [3.63, 3.8) is 0 Å². The second-order valence-corrected chi connectivity index (χ2v) is 6.33. The van der Waals surface area contributed by atoms with Crippen LogP contribution in [0.1, 0.15) is 11.1 Å². The van der Waals surface area contributed by atoms with E-state index in [0.29, 0.717) is 16.8 Å². The lowest BCUT2D eigenvalue weighted by atomic mass is 9.98. The first kappa shape index (κ1) is 16.2. The summed E-state index contributed by atoms with van der Waals surface area (Å²) in [5.41, 5.74) is 9.44. The molecule has 0 saturated heterocycles. The van der Waals surface area contributed by atoms with E-state index in [-0.39, 0.29) is 11.4 Å². The average molecular weight is 382 g/mol. The van der Waals surface area contributed by atoms with Crippen molar-refractivity contribution in [3.05, 3.63) is 69.9 Å². The van der Waals surface area contributed by atoms with E-state index in [0.717, 1.165) is 15.6 Å². The molecule has 0 aliphatic rings. The number of nitriles is 1. The fraction of sp³-hybridized carbons (Fsp3) is 0.0526. The van der Waals surface area contributed by atoms with Crippen LogP contribution in [0.2, 0.25) is 0 Å². The van der Waals surface area contributed by atoms with Crippen molar-refractivity contribution in [1.82, 2.24) is 4.98 Å². The van der Waals surface area contributed by atoms with Gasteiger partial charge in [0.2, 0.25) is 0 Å². The van der Waals surface area contributed by atoms with E-state index in [1.54, 1.807) is 18.2 Å². The smallest absolute Gasteiger partial charge is 0.142 e. The maximum absolute atomic E-state index is 14.3. The molecule has 3 aromatic rings. The summed E-state index contributed by atoms with van der Waals surface area (Å²) in [6.45, 7) is 1.99. The van der Waals surface area contributed by atoms with Gasteiger partial charge in [-0.1, -0.05) is 45.8 Å². The third-order valence-corrected chi connectivity index (χ3v) is 4.22. The zero-order valence-electron chi connectivity index (χ0n) is 12.8. The molecule has 1 aromatic heterocycles. The minimum absolute atomic E-state index is 0.0879. The highest BCUT2D eigenvalue weighted by atomic mass is 79.9. The molecule has 0 aliphatic carbocycles. The van der Waals surface area contributed by atoms with Gasteiger partial charge in [0.15, 0.2) is 0 Å². The number of nitrogens with zero attached hydrogens (tertiary/aromatic N) is 2. The van der Waals surface area contributed by atoms with Crippen LogP contribution >= 0.6 is 15.9 Å². The first-order valence-electron chi connectivity index (χ1n) is 7.22. The fourth-order valence-corrected chi connectivity index (χ4v) is 2.83. The van der Waals surface area contributed by atoms with Crippen LogP contribution in [-0.4, -0.2) is 4.98 Å². The SMILES string of the molecule is Cc1ccc(-c2cc(-c3cc(Br)ccc3F)c(C#N)c(N)n2)cc1. The molecule has 0 saturated carbocycles. The Balaban J connectivity index is 2.27. The molecule has 0 radical (unpaired) electrons. The summed E-state index contributed by atoms with van der Waals surface area (Å²) in [6.07, 6.45) is 0. The number of anilines is 1. The third kappa shape index (κ3) is 3.01. The number of rotatable bonds is 2. The van der Waals surface area contributed by atoms with Crippen LogP contribution in [-0.2, 0) is 0 Å². The summed E-state index contributed by atoms with van der Waals surface area (Å²) in [6, 6.07) is 16.1. The Bertz CT molecular complexity index is 960. The van der Waals surface area contributed by atoms with Gasteiger partial charge in [0.05, 0.1) is 5.69 Å². The van der Waals surface area contributed by atoms with Gasteiger partial charge in [-0.25, -0.2) is 9.37 Å². The quantitative estimate of drug-likeness (QED) is 0.672. The minimum Gasteiger partial charge on any atom is -0.383 e. The number of aromatic nitrogens is 1. The first-order chi connectivity index (χ1) is 11.5. The normalized spacial score (nSPS) is 10.4. The van der Waals surface area contributed by atoms with Gasteiger partial charge in [-0.05, 0) is 31.2 Å². The Morgan fingerprint density at radius 2 is 1.79 bits per heavy atom. The number of halogens is 2. The van der Waals surface area contributed by atoms with Gasteiger partial charge < -0.3 is 5.73 Å². The summed E-state index contributed by atoms with van der Waals surface area (Å²) in [5, 5.41) is 9.41. The van der Waals surface area contributed by atoms with Crippen molar-refractivity contribution in [2.75, 3.05) is 5.73 Å². The second-order valence-electron chi connectivity index (χ2n) is 5.42. The second kappa shape index (κ2) is 6.42. The Hall–Kier alpha value is -2.71. The highest BCUT2D eigenvalue weighted by Crippen LogP contribution is 2.34. The number of nitrogen functional groups attached to an aromatic ring is 1. The molecule has 0 unspecified atom stereocenters. The average Bonchev–Trinajstić information content (AvgIpc) is 2.57. The van der Waals surface area contributed by atoms with Crippen molar-refractivity contribution in [2.24, 2.45) is 0 Å². The maximum atomic E-state index is 14.3. The van der Waals surface area contributed by atoms with Crippen molar-refractivity contribution in [3.8, 4) is 28.5 Å². The molecule has 5 heteroatoms. The largest absolute Gasteiger partial charge is 0.383 e. The molecule has 0 spiro atoms. The molecule has 2 N–H and O–H groups in total. The van der Waals surface area contributed by atoms with Gasteiger partial charge in [0.1, 0.15) is 23.3 Å². The zero-order chi connectivity index (χ0) is 17.3. The van der Waals surface area contributed by atoms with E-state index >= 15 is 0 Å². The summed E-state index contributed by atoms with van der Waals surface area (Å²) in [7, 11) is 0. The van der Waals surface area contributed by atoms with E-state index in [1.807, 2.05) is 37.3 Å². The van der Waals surface area contributed by atoms with Crippen LogP contribution in [0.5, 0.6) is 0 Å². The molecule has 0 aliphatic heterocycles. The molecule has 3 rings (SSSR count). The summed E-state index contributed by atoms with van der Waals surface area (Å²) >= 11 is 3.33. The number of nitrogens with two attached hydrogens (primary N) is 1. The van der Waals surface area contributed by atoms with Gasteiger partial charge in [-0.15, -0.1) is 0 Å². The monoisotopic (exact) mass is 381 g/mol. The van der Waals surface area contributed by atoms with Gasteiger partial charge in [-0.3, -0.25) is 0 Å². The maximum Gasteiger partial charge on any atom is 0.142 e. The number of pyridine rings is 1. The van der Waals surface area contributed by atoms with Gasteiger partial charge in [0.25, 0.3) is 0 Å². The molecular formula is C19H13BrFN3. The highest BCUT2D eigenvalue weighted by Gasteiger charge is 2.16. The first-order valence-corrected chi connectivity index (χ1v) is 8.02. The third-order valence-electron chi connectivity index (χ3n) is 3.73. The van der Waals surface area contributed by atoms with Crippen LogP contribution in [0.15, 0.2) is 53.0 Å². The Labute approximate surface area is 147 Å². The molecule has 3 nitrogen and oxygen atoms in total. The Morgan fingerprint density at radius 3 is 2.46 bits per heavy atom. The number of benzene rings is 2. The lowest BCUT2D eigenvalue weighted by molar-refractivity contribution is 0.631. The van der Waals surface area contributed by atoms with Crippen molar-refractivity contribution in [1.29, 1.82) is 5.26 Å². The lowest BCUT2D eigenvalue weighted by Crippen LogP contribution is -2.00. The van der Waals surface area contributed by atoms with Crippen LogP contribution in [0.3, 0.4) is 0 Å². The lowest BCUT2D eigenvalue weighted by Gasteiger charge is -2.11. The molecular weight excluding hydrogens is 369 g/mol. The summed E-state index contributed by atoms with van der Waals surface area (Å²) in [5.74, 6) is -0.333. The van der Waals surface area contributed by atoms with E-state index in [4.69, 9.17) is 5.73 Å². The van der Waals surface area contributed by atoms with E-state index in [1.165, 1.54) is 6.07 Å². The number of hydrogen-bond acceptors (Lipinski definition) is 3. The fourth-order valence-electron chi connectivity index (χ4n) is 2.47. The zero-order valence-corrected chi connectivity index (χ0v) is 14.4. The Morgan fingerprint density at radius 1 is 1.08 bits per heavy atom. The Kier molecular flexibility index (Phi) is 4.32. The summed E-state index contributed by atoms with van der Waals surface area (Å²) < 4.78 is 15.0. The number of aryl methyl sites for hydroxylation is 1. The van der Waals surface area contributed by atoms with E-state index in [2.05, 4.69) is 20.9 Å². The van der Waals surface area contributed by atoms with Crippen LogP contribution in [0.25, 0.3) is 22.4 Å². The molecule has 0 atom stereocenters. The van der Waals surface area contributed by atoms with Gasteiger partial charge >= 0.3 is 0 Å². The molecule has 0 bridgehead atoms. The van der Waals surface area contributed by atoms with Crippen molar-refractivity contribution >= 4 is 21.7 Å². The molecule has 118 valence electrons. The molecule has 0 fully saturated rings. The predicted octanol–water partition coefficient (Wildman–Crippen LogP) is 5.08. The molecule has 2 aromatic carbocycles. The van der Waals surface area contributed by atoms with Crippen LogP contribution in [0, 0.1) is 24.1 Å². The van der Waals surface area contributed by atoms with Gasteiger partial charge in [-0.2, -0.15) is 5.26 Å². The van der Waals surface area contributed by atoms with Gasteiger partial charge in [0, 0.05) is 21.2 Å². The van der Waals surface area contributed by atoms with E-state index < -0.39 is 5.82 Å². The van der Waals surface area contributed by atoms with Crippen molar-refractivity contribution < 1.29 is 4.39 Å². The topological polar surface area (TPSA) is 62.7 Å². The van der Waals surface area contributed by atoms with Crippen LogP contribution < -0.4 is 5.73 Å². The predicted molar refractivity (Wildman–Crippen MR) is 96.6 cm³/mol. The van der Waals surface area contributed by atoms with Crippen LogP contribution in [0.4, 0.5) is 10.2 Å². The number of hydrogen-bond donors (Lipinski definition) is 1. The van der Waals surface area contributed by atoms with E-state index in [9.17, 15) is 9.65 Å².